The molecule has 4 atom stereocenters. The Labute approximate surface area is 179 Å². The summed E-state index contributed by atoms with van der Waals surface area (Å²) in [6, 6.07) is 3.70. The average Bonchev–Trinajstić information content (AvgIpc) is 3.23. The summed E-state index contributed by atoms with van der Waals surface area (Å²) in [5.41, 5.74) is 3.76. The fourth-order valence-electron chi connectivity index (χ4n) is 6.49. The molecule has 2 saturated carbocycles. The third-order valence-electron chi connectivity index (χ3n) is 7.85. The highest BCUT2D eigenvalue weighted by Crippen LogP contribution is 2.55. The predicted octanol–water partition coefficient (Wildman–Crippen LogP) is 5.82. The monoisotopic (exact) mass is 404 g/mol. The molecular weight excluding hydrogens is 372 g/mol. The second-order valence-electron chi connectivity index (χ2n) is 9.22. The Morgan fingerprint density at radius 3 is 2.87 bits per heavy atom. The number of pyridine rings is 1. The van der Waals surface area contributed by atoms with E-state index in [2.05, 4.69) is 23.2 Å². The molecule has 0 bridgehead atoms. The summed E-state index contributed by atoms with van der Waals surface area (Å²) >= 11 is 0. The summed E-state index contributed by atoms with van der Waals surface area (Å²) < 4.78 is 5.41. The van der Waals surface area contributed by atoms with Gasteiger partial charge in [-0.15, -0.1) is 0 Å². The summed E-state index contributed by atoms with van der Waals surface area (Å²) in [5, 5.41) is 0. The SMILES string of the molecule is CCC(=O)N(C1=C2C(=CCC3C2CCC2CCCCC23)C=C1)c1cc(OC)ccn1. The molecule has 0 aliphatic heterocycles. The minimum absolute atomic E-state index is 0.0811. The molecule has 4 nitrogen and oxygen atoms in total. The second kappa shape index (κ2) is 8.05. The molecule has 2 fully saturated rings. The van der Waals surface area contributed by atoms with Crippen molar-refractivity contribution in [3.05, 3.63) is 53.4 Å². The maximum absolute atomic E-state index is 13.1. The third-order valence-corrected chi connectivity index (χ3v) is 7.85. The lowest BCUT2D eigenvalue weighted by Crippen LogP contribution is -2.40. The summed E-state index contributed by atoms with van der Waals surface area (Å²) in [7, 11) is 1.65. The fourth-order valence-corrected chi connectivity index (χ4v) is 6.49. The van der Waals surface area contributed by atoms with E-state index in [1.807, 2.05) is 24.0 Å². The topological polar surface area (TPSA) is 42.4 Å². The number of aromatic nitrogens is 1. The van der Waals surface area contributed by atoms with Gasteiger partial charge in [0.1, 0.15) is 11.6 Å². The minimum atomic E-state index is 0.0811. The molecule has 158 valence electrons. The number of ether oxygens (including phenoxy) is 1. The minimum Gasteiger partial charge on any atom is -0.497 e. The van der Waals surface area contributed by atoms with Gasteiger partial charge in [0, 0.05) is 18.7 Å². The van der Waals surface area contributed by atoms with Crippen molar-refractivity contribution in [1.82, 2.24) is 4.98 Å². The van der Waals surface area contributed by atoms with Gasteiger partial charge in [0.25, 0.3) is 0 Å². The highest BCUT2D eigenvalue weighted by molar-refractivity contribution is 5.97. The van der Waals surface area contributed by atoms with E-state index in [0.717, 1.165) is 29.2 Å². The molecule has 1 heterocycles. The molecule has 0 N–H and O–H groups in total. The Morgan fingerprint density at radius 1 is 1.17 bits per heavy atom. The number of carbonyl (C=O) groups is 1. The molecule has 0 aromatic carbocycles. The van der Waals surface area contributed by atoms with Crippen molar-refractivity contribution in [2.45, 2.75) is 58.3 Å². The van der Waals surface area contributed by atoms with Crippen LogP contribution in [0.5, 0.6) is 5.75 Å². The molecule has 4 aliphatic rings. The van der Waals surface area contributed by atoms with Gasteiger partial charge in [-0.1, -0.05) is 38.3 Å². The maximum Gasteiger partial charge on any atom is 0.232 e. The highest BCUT2D eigenvalue weighted by atomic mass is 16.5. The molecule has 0 radical (unpaired) electrons. The number of hydrogen-bond donors (Lipinski definition) is 0. The van der Waals surface area contributed by atoms with E-state index < -0.39 is 0 Å². The molecular formula is C26H32N2O2. The molecule has 1 amide bonds. The summed E-state index contributed by atoms with van der Waals surface area (Å²) in [4.78, 5) is 19.5. The summed E-state index contributed by atoms with van der Waals surface area (Å²) in [6.07, 6.45) is 18.4. The predicted molar refractivity (Wildman–Crippen MR) is 119 cm³/mol. The van der Waals surface area contributed by atoms with E-state index in [0.29, 0.717) is 18.2 Å². The van der Waals surface area contributed by atoms with E-state index in [-0.39, 0.29) is 5.91 Å². The fraction of sp³-hybridized carbons (Fsp3) is 0.538. The number of methoxy groups -OCH3 is 1. The van der Waals surface area contributed by atoms with Crippen LogP contribution >= 0.6 is 0 Å². The number of fused-ring (bicyclic) bond motifs is 5. The number of anilines is 1. The molecule has 4 unspecified atom stereocenters. The van der Waals surface area contributed by atoms with Gasteiger partial charge in [0.2, 0.25) is 5.91 Å². The molecule has 0 spiro atoms. The van der Waals surface area contributed by atoms with Crippen molar-refractivity contribution in [1.29, 1.82) is 0 Å². The van der Waals surface area contributed by atoms with Gasteiger partial charge in [-0.05, 0) is 72.6 Å². The lowest BCUT2D eigenvalue weighted by atomic mass is 9.57. The Hall–Kier alpha value is -2.36. The van der Waals surface area contributed by atoms with E-state index in [1.54, 1.807) is 13.3 Å². The van der Waals surface area contributed by atoms with E-state index in [4.69, 9.17) is 4.74 Å². The van der Waals surface area contributed by atoms with Crippen LogP contribution in [-0.2, 0) is 4.79 Å². The van der Waals surface area contributed by atoms with Crippen LogP contribution in [-0.4, -0.2) is 18.0 Å². The molecule has 5 rings (SSSR count). The lowest BCUT2D eigenvalue weighted by molar-refractivity contribution is -0.117. The molecule has 1 aromatic rings. The number of hydrogen-bond acceptors (Lipinski definition) is 3. The standard InChI is InChI=1S/C26H32N2O2/c1-3-25(29)28(24-16-19(30-2)14-15-27-24)23-13-10-18-9-11-21-20-7-5-4-6-17(20)8-12-22(21)26(18)23/h9-10,13-17,20-22H,3-8,11-12H2,1-2H3. The summed E-state index contributed by atoms with van der Waals surface area (Å²) in [6.45, 7) is 1.92. The van der Waals surface area contributed by atoms with Crippen LogP contribution in [0.2, 0.25) is 0 Å². The Balaban J connectivity index is 1.57. The van der Waals surface area contributed by atoms with Crippen LogP contribution in [0.1, 0.15) is 58.3 Å². The first-order chi connectivity index (χ1) is 14.7. The van der Waals surface area contributed by atoms with Crippen molar-refractivity contribution in [2.75, 3.05) is 12.0 Å². The van der Waals surface area contributed by atoms with Crippen molar-refractivity contribution >= 4 is 11.7 Å². The number of nitrogens with zero attached hydrogens (tertiary/aromatic N) is 2. The number of rotatable bonds is 4. The van der Waals surface area contributed by atoms with Gasteiger partial charge in [0.15, 0.2) is 0 Å². The normalized spacial score (nSPS) is 29.6. The molecule has 4 heteroatoms. The third kappa shape index (κ3) is 3.21. The van der Waals surface area contributed by atoms with Gasteiger partial charge in [-0.25, -0.2) is 4.98 Å². The number of allylic oxidation sites excluding steroid dienone is 5. The zero-order valence-corrected chi connectivity index (χ0v) is 18.1. The zero-order valence-electron chi connectivity index (χ0n) is 18.1. The van der Waals surface area contributed by atoms with Crippen molar-refractivity contribution < 1.29 is 9.53 Å². The quantitative estimate of drug-likeness (QED) is 0.635. The molecule has 30 heavy (non-hydrogen) atoms. The van der Waals surface area contributed by atoms with Crippen LogP contribution in [0.3, 0.4) is 0 Å². The van der Waals surface area contributed by atoms with Crippen LogP contribution < -0.4 is 9.64 Å². The van der Waals surface area contributed by atoms with Crippen LogP contribution in [0.4, 0.5) is 5.82 Å². The van der Waals surface area contributed by atoms with E-state index in [9.17, 15) is 4.79 Å². The number of carbonyl (C=O) groups excluding carboxylic acids is 1. The van der Waals surface area contributed by atoms with Gasteiger partial charge in [-0.3, -0.25) is 9.69 Å². The highest BCUT2D eigenvalue weighted by Gasteiger charge is 2.45. The zero-order chi connectivity index (χ0) is 20.7. The Kier molecular flexibility index (Phi) is 5.26. The van der Waals surface area contributed by atoms with Crippen molar-refractivity contribution in [2.24, 2.45) is 23.7 Å². The van der Waals surface area contributed by atoms with Gasteiger partial charge < -0.3 is 4.74 Å². The van der Waals surface area contributed by atoms with E-state index in [1.165, 1.54) is 56.1 Å². The average molecular weight is 405 g/mol. The summed E-state index contributed by atoms with van der Waals surface area (Å²) in [5.74, 6) is 4.53. The van der Waals surface area contributed by atoms with Crippen molar-refractivity contribution in [3.8, 4) is 5.75 Å². The smallest absolute Gasteiger partial charge is 0.232 e. The number of amides is 1. The first-order valence-corrected chi connectivity index (χ1v) is 11.7. The lowest BCUT2D eigenvalue weighted by Gasteiger charge is -2.48. The van der Waals surface area contributed by atoms with Crippen molar-refractivity contribution in [3.63, 3.8) is 0 Å². The van der Waals surface area contributed by atoms with Gasteiger partial charge in [-0.2, -0.15) is 0 Å². The maximum atomic E-state index is 13.1. The van der Waals surface area contributed by atoms with Gasteiger partial charge in [0.05, 0.1) is 12.8 Å². The van der Waals surface area contributed by atoms with Gasteiger partial charge >= 0.3 is 0 Å². The van der Waals surface area contributed by atoms with Crippen LogP contribution in [0, 0.1) is 23.7 Å². The molecule has 4 aliphatic carbocycles. The molecule has 0 saturated heterocycles. The van der Waals surface area contributed by atoms with Crippen LogP contribution in [0.25, 0.3) is 0 Å². The second-order valence-corrected chi connectivity index (χ2v) is 9.22. The van der Waals surface area contributed by atoms with Crippen LogP contribution in [0.15, 0.2) is 53.4 Å². The molecule has 1 aromatic heterocycles. The largest absolute Gasteiger partial charge is 0.497 e. The Morgan fingerprint density at radius 2 is 2.03 bits per heavy atom. The van der Waals surface area contributed by atoms with E-state index >= 15 is 0 Å². The first-order valence-electron chi connectivity index (χ1n) is 11.7. The Bertz CT molecular complexity index is 929. The first kappa shape index (κ1) is 19.6.